The highest BCUT2D eigenvalue weighted by atomic mass is 35.5. The van der Waals surface area contributed by atoms with Crippen LogP contribution in [0.3, 0.4) is 0 Å². The average Bonchev–Trinajstić information content (AvgIpc) is 2.81. The first-order chi connectivity index (χ1) is 9.84. The van der Waals surface area contributed by atoms with Gasteiger partial charge in [-0.05, 0) is 31.7 Å². The van der Waals surface area contributed by atoms with Crippen molar-refractivity contribution in [2.75, 3.05) is 0 Å². The van der Waals surface area contributed by atoms with Crippen LogP contribution in [-0.4, -0.2) is 21.1 Å². The number of imidazole rings is 1. The van der Waals surface area contributed by atoms with Crippen LogP contribution >= 0.6 is 23.2 Å². The van der Waals surface area contributed by atoms with Gasteiger partial charge in [-0.25, -0.2) is 9.97 Å². The van der Waals surface area contributed by atoms with Crippen molar-refractivity contribution in [1.29, 1.82) is 0 Å². The van der Waals surface area contributed by atoms with E-state index in [1.54, 1.807) is 6.07 Å². The van der Waals surface area contributed by atoms with Crippen LogP contribution in [0.2, 0.25) is 10.2 Å². The number of fused-ring (bicyclic) bond motifs is 1. The Bertz CT molecular complexity index is 621. The highest BCUT2D eigenvalue weighted by Crippen LogP contribution is 2.42. The molecule has 3 rings (SSSR count). The molecule has 0 atom stereocenters. The number of nitrogens with one attached hydrogen (secondary N) is 1. The van der Waals surface area contributed by atoms with Crippen molar-refractivity contribution in [1.82, 2.24) is 15.0 Å². The number of hydrogen-bond donors (Lipinski definition) is 1. The van der Waals surface area contributed by atoms with Gasteiger partial charge in [0.2, 0.25) is 0 Å². The summed E-state index contributed by atoms with van der Waals surface area (Å²) in [6.07, 6.45) is -2.89. The molecule has 0 aliphatic heterocycles. The molecule has 1 saturated carbocycles. The topological polar surface area (TPSA) is 41.6 Å². The van der Waals surface area contributed by atoms with Crippen LogP contribution in [0.15, 0.2) is 6.07 Å². The maximum atomic E-state index is 12.7. The van der Waals surface area contributed by atoms with E-state index in [9.17, 15) is 13.2 Å². The van der Waals surface area contributed by atoms with Crippen molar-refractivity contribution in [2.24, 2.45) is 5.92 Å². The van der Waals surface area contributed by atoms with Crippen LogP contribution in [0.1, 0.15) is 37.4 Å². The zero-order valence-electron chi connectivity index (χ0n) is 10.8. The Balaban J connectivity index is 1.79. The Kier molecular flexibility index (Phi) is 3.78. The summed E-state index contributed by atoms with van der Waals surface area (Å²) in [6.45, 7) is 0. The van der Waals surface area contributed by atoms with Crippen molar-refractivity contribution in [3.05, 3.63) is 22.1 Å². The number of hydrogen-bond acceptors (Lipinski definition) is 2. The molecule has 1 fully saturated rings. The molecule has 2 aromatic heterocycles. The number of aromatic amines is 1. The molecule has 0 aromatic carbocycles. The lowest BCUT2D eigenvalue weighted by Gasteiger charge is -2.28. The van der Waals surface area contributed by atoms with Crippen LogP contribution in [0.5, 0.6) is 0 Å². The molecular formula is C13H12Cl2F3N3. The summed E-state index contributed by atoms with van der Waals surface area (Å²) in [5.74, 6) is -0.535. The summed E-state index contributed by atoms with van der Waals surface area (Å²) in [4.78, 5) is 11.5. The molecule has 0 bridgehead atoms. The van der Waals surface area contributed by atoms with Gasteiger partial charge in [-0.3, -0.25) is 0 Å². The van der Waals surface area contributed by atoms with E-state index in [4.69, 9.17) is 23.2 Å². The molecule has 0 spiro atoms. The van der Waals surface area contributed by atoms with Crippen LogP contribution in [0.25, 0.3) is 11.2 Å². The summed E-state index contributed by atoms with van der Waals surface area (Å²) in [6, 6.07) is 1.63. The second-order valence-electron chi connectivity index (χ2n) is 5.34. The van der Waals surface area contributed by atoms with Crippen molar-refractivity contribution >= 4 is 34.4 Å². The molecule has 0 radical (unpaired) electrons. The molecule has 0 unspecified atom stereocenters. The zero-order chi connectivity index (χ0) is 15.2. The van der Waals surface area contributed by atoms with Gasteiger partial charge < -0.3 is 4.98 Å². The van der Waals surface area contributed by atoms with Gasteiger partial charge in [0, 0.05) is 5.92 Å². The molecule has 8 heteroatoms. The minimum Gasteiger partial charge on any atom is -0.340 e. The quantitative estimate of drug-likeness (QED) is 0.735. The molecule has 21 heavy (non-hydrogen) atoms. The second kappa shape index (κ2) is 5.32. The minimum atomic E-state index is -4.10. The molecule has 1 N–H and O–H groups in total. The number of aromatic nitrogens is 3. The zero-order valence-corrected chi connectivity index (χ0v) is 12.4. The number of halogens is 5. The van der Waals surface area contributed by atoms with E-state index in [1.807, 2.05) is 0 Å². The highest BCUT2D eigenvalue weighted by molar-refractivity contribution is 6.41. The smallest absolute Gasteiger partial charge is 0.340 e. The predicted molar refractivity (Wildman–Crippen MR) is 74.7 cm³/mol. The van der Waals surface area contributed by atoms with Crippen LogP contribution < -0.4 is 0 Å². The van der Waals surface area contributed by atoms with Crippen LogP contribution in [0, 0.1) is 5.92 Å². The van der Waals surface area contributed by atoms with Crippen molar-refractivity contribution in [3.8, 4) is 0 Å². The van der Waals surface area contributed by atoms with Gasteiger partial charge in [0.1, 0.15) is 11.0 Å². The summed E-state index contributed by atoms with van der Waals surface area (Å²) in [5, 5.41) is 0.489. The Morgan fingerprint density at radius 2 is 1.76 bits per heavy atom. The molecule has 0 amide bonds. The molecule has 2 heterocycles. The summed E-state index contributed by atoms with van der Waals surface area (Å²) < 4.78 is 38.0. The van der Waals surface area contributed by atoms with Gasteiger partial charge in [-0.1, -0.05) is 23.2 Å². The fourth-order valence-corrected chi connectivity index (χ4v) is 3.09. The van der Waals surface area contributed by atoms with Crippen LogP contribution in [0.4, 0.5) is 13.2 Å². The van der Waals surface area contributed by atoms with Crippen molar-refractivity contribution in [3.63, 3.8) is 0 Å². The van der Waals surface area contributed by atoms with Gasteiger partial charge >= 0.3 is 6.18 Å². The molecule has 1 aliphatic carbocycles. The van der Waals surface area contributed by atoms with Gasteiger partial charge in [-0.15, -0.1) is 0 Å². The van der Waals surface area contributed by atoms with Gasteiger partial charge in [0.15, 0.2) is 5.65 Å². The summed E-state index contributed by atoms with van der Waals surface area (Å²) in [7, 11) is 0. The summed E-state index contributed by atoms with van der Waals surface area (Å²) in [5.41, 5.74) is 1.09. The number of pyridine rings is 1. The molecule has 0 saturated heterocycles. The Labute approximate surface area is 128 Å². The third-order valence-electron chi connectivity index (χ3n) is 3.98. The molecule has 3 nitrogen and oxygen atoms in total. The van der Waals surface area contributed by atoms with Gasteiger partial charge in [0.25, 0.3) is 0 Å². The van der Waals surface area contributed by atoms with E-state index in [2.05, 4.69) is 15.0 Å². The normalized spacial score (nSPS) is 23.7. The Morgan fingerprint density at radius 1 is 1.10 bits per heavy atom. The first-order valence-corrected chi connectivity index (χ1v) is 7.38. The Morgan fingerprint density at radius 3 is 2.38 bits per heavy atom. The van der Waals surface area contributed by atoms with Crippen LogP contribution in [-0.2, 0) is 0 Å². The molecule has 114 valence electrons. The van der Waals surface area contributed by atoms with E-state index in [1.165, 1.54) is 0 Å². The maximum absolute atomic E-state index is 12.7. The maximum Gasteiger partial charge on any atom is 0.391 e. The van der Waals surface area contributed by atoms with E-state index >= 15 is 0 Å². The highest BCUT2D eigenvalue weighted by Gasteiger charge is 2.42. The van der Waals surface area contributed by atoms with E-state index in [0.717, 1.165) is 0 Å². The van der Waals surface area contributed by atoms with Gasteiger partial charge in [0.05, 0.1) is 16.5 Å². The third kappa shape index (κ3) is 2.97. The number of alkyl halides is 3. The number of H-pyrrole nitrogens is 1. The second-order valence-corrected chi connectivity index (χ2v) is 6.11. The molecule has 2 aromatic rings. The van der Waals surface area contributed by atoms with Gasteiger partial charge in [-0.2, -0.15) is 13.2 Å². The van der Waals surface area contributed by atoms with E-state index < -0.39 is 12.1 Å². The standard InChI is InChI=1S/C13H12Cl2F3N3/c14-8-5-9-12(20-10(8)15)21-11(19-9)6-1-3-7(4-2-6)13(16,17)18/h5-7H,1-4H2,(H,19,20,21). The third-order valence-corrected chi connectivity index (χ3v) is 4.65. The lowest BCUT2D eigenvalue weighted by Crippen LogP contribution is -2.27. The molecule has 1 aliphatic rings. The monoisotopic (exact) mass is 337 g/mol. The first-order valence-electron chi connectivity index (χ1n) is 6.63. The summed E-state index contributed by atoms with van der Waals surface area (Å²) >= 11 is 11.7. The molecular weight excluding hydrogens is 326 g/mol. The van der Waals surface area contributed by atoms with E-state index in [-0.39, 0.29) is 23.9 Å². The first kappa shape index (κ1) is 14.9. The fraction of sp³-hybridized carbons (Fsp3) is 0.538. The Hall–Kier alpha value is -1.01. The van der Waals surface area contributed by atoms with Crippen molar-refractivity contribution in [2.45, 2.75) is 37.8 Å². The number of nitrogens with zero attached hydrogens (tertiary/aromatic N) is 2. The van der Waals surface area contributed by atoms with E-state index in [0.29, 0.717) is 34.9 Å². The SMILES string of the molecule is FC(F)(F)C1CCC(c2nc3nc(Cl)c(Cl)cc3[nH]2)CC1. The average molecular weight is 338 g/mol. The fourth-order valence-electron chi connectivity index (χ4n) is 2.80. The minimum absolute atomic E-state index is 0.00430. The predicted octanol–water partition coefficient (Wildman–Crippen LogP) is 5.10. The largest absolute Gasteiger partial charge is 0.391 e. The number of rotatable bonds is 1. The lowest BCUT2D eigenvalue weighted by atomic mass is 9.81. The lowest BCUT2D eigenvalue weighted by molar-refractivity contribution is -0.182. The van der Waals surface area contributed by atoms with Crippen molar-refractivity contribution < 1.29 is 13.2 Å².